The third-order valence-corrected chi connectivity index (χ3v) is 2.11. The Balaban J connectivity index is 2.13. The molecule has 0 N–H and O–H groups in total. The predicted octanol–water partition coefficient (Wildman–Crippen LogP) is 2.83. The molecule has 0 saturated heterocycles. The van der Waals surface area contributed by atoms with Crippen LogP contribution in [-0.2, 0) is 0 Å². The molecule has 16 heavy (non-hydrogen) atoms. The summed E-state index contributed by atoms with van der Waals surface area (Å²) in [6, 6.07) is 7.68. The molecule has 0 saturated carbocycles. The van der Waals surface area contributed by atoms with Crippen LogP contribution in [0.15, 0.2) is 28.8 Å². The summed E-state index contributed by atoms with van der Waals surface area (Å²) in [5.41, 5.74) is 0.931. The van der Waals surface area contributed by atoms with Gasteiger partial charge in [0.25, 0.3) is 0 Å². The number of nitrogens with zero attached hydrogens (tertiary/aromatic N) is 2. The van der Waals surface area contributed by atoms with Crippen molar-refractivity contribution in [1.82, 2.24) is 10.1 Å². The van der Waals surface area contributed by atoms with Crippen LogP contribution in [0.1, 0.15) is 19.2 Å². The summed E-state index contributed by atoms with van der Waals surface area (Å²) in [5.74, 6) is 2.05. The first-order chi connectivity index (χ1) is 7.79. The fourth-order valence-corrected chi connectivity index (χ4v) is 1.34. The topological polar surface area (TPSA) is 48.2 Å². The minimum atomic E-state index is 0.571. The van der Waals surface area contributed by atoms with E-state index in [1.807, 2.05) is 24.3 Å². The number of ether oxygens (including phenoxy) is 1. The minimum absolute atomic E-state index is 0.571. The van der Waals surface area contributed by atoms with Crippen molar-refractivity contribution in [3.05, 3.63) is 30.2 Å². The van der Waals surface area contributed by atoms with E-state index in [2.05, 4.69) is 17.1 Å². The Morgan fingerprint density at radius 1 is 1.25 bits per heavy atom. The van der Waals surface area contributed by atoms with E-state index >= 15 is 0 Å². The van der Waals surface area contributed by atoms with Gasteiger partial charge in [0, 0.05) is 12.5 Å². The highest BCUT2D eigenvalue weighted by molar-refractivity contribution is 5.55. The first kappa shape index (κ1) is 10.7. The first-order valence-electron chi connectivity index (χ1n) is 5.33. The smallest absolute Gasteiger partial charge is 0.223 e. The molecule has 4 nitrogen and oxygen atoms in total. The lowest BCUT2D eigenvalue weighted by Gasteiger charge is -2.03. The van der Waals surface area contributed by atoms with Crippen molar-refractivity contribution < 1.29 is 9.26 Å². The molecule has 1 aromatic carbocycles. The van der Waals surface area contributed by atoms with Gasteiger partial charge in [0.15, 0.2) is 0 Å². The van der Waals surface area contributed by atoms with Gasteiger partial charge in [-0.2, -0.15) is 4.98 Å². The number of aromatic nitrogens is 2. The molecule has 0 aliphatic rings. The third kappa shape index (κ3) is 2.39. The summed E-state index contributed by atoms with van der Waals surface area (Å²) < 4.78 is 10.4. The zero-order chi connectivity index (χ0) is 11.4. The van der Waals surface area contributed by atoms with Gasteiger partial charge < -0.3 is 9.26 Å². The SMILES string of the molecule is CCCOc1ccc(-c2noc(C)n2)cc1. The van der Waals surface area contributed by atoms with Crippen LogP contribution >= 0.6 is 0 Å². The van der Waals surface area contributed by atoms with E-state index in [-0.39, 0.29) is 0 Å². The lowest BCUT2D eigenvalue weighted by atomic mass is 10.2. The van der Waals surface area contributed by atoms with Gasteiger partial charge in [0.05, 0.1) is 6.61 Å². The van der Waals surface area contributed by atoms with Gasteiger partial charge in [-0.1, -0.05) is 12.1 Å². The van der Waals surface area contributed by atoms with Crippen molar-refractivity contribution in [2.75, 3.05) is 6.61 Å². The Hall–Kier alpha value is -1.84. The lowest BCUT2D eigenvalue weighted by molar-refractivity contribution is 0.317. The Morgan fingerprint density at radius 3 is 2.56 bits per heavy atom. The van der Waals surface area contributed by atoms with Gasteiger partial charge in [-0.3, -0.25) is 0 Å². The Kier molecular flexibility index (Phi) is 3.19. The average molecular weight is 218 g/mol. The number of hydrogen-bond donors (Lipinski definition) is 0. The highest BCUT2D eigenvalue weighted by Crippen LogP contribution is 2.19. The predicted molar refractivity (Wildman–Crippen MR) is 60.3 cm³/mol. The van der Waals surface area contributed by atoms with Crippen molar-refractivity contribution in [3.63, 3.8) is 0 Å². The lowest BCUT2D eigenvalue weighted by Crippen LogP contribution is -1.94. The molecule has 0 bridgehead atoms. The molecule has 1 aromatic heterocycles. The van der Waals surface area contributed by atoms with E-state index in [0.29, 0.717) is 11.7 Å². The molecular weight excluding hydrogens is 204 g/mol. The van der Waals surface area contributed by atoms with E-state index in [1.54, 1.807) is 6.92 Å². The maximum absolute atomic E-state index is 5.49. The maximum Gasteiger partial charge on any atom is 0.223 e. The van der Waals surface area contributed by atoms with Crippen molar-refractivity contribution >= 4 is 0 Å². The second kappa shape index (κ2) is 4.79. The molecule has 0 radical (unpaired) electrons. The number of rotatable bonds is 4. The summed E-state index contributed by atoms with van der Waals surface area (Å²) in [6.45, 7) is 4.59. The first-order valence-corrected chi connectivity index (χ1v) is 5.33. The molecule has 1 heterocycles. The van der Waals surface area contributed by atoms with Crippen LogP contribution in [-0.4, -0.2) is 16.7 Å². The molecule has 0 amide bonds. The van der Waals surface area contributed by atoms with E-state index < -0.39 is 0 Å². The Morgan fingerprint density at radius 2 is 2.00 bits per heavy atom. The quantitative estimate of drug-likeness (QED) is 0.791. The molecule has 0 aliphatic heterocycles. The molecule has 2 rings (SSSR count). The van der Waals surface area contributed by atoms with Crippen LogP contribution in [0.2, 0.25) is 0 Å². The zero-order valence-electron chi connectivity index (χ0n) is 9.43. The fraction of sp³-hybridized carbons (Fsp3) is 0.333. The van der Waals surface area contributed by atoms with Gasteiger partial charge in [0.2, 0.25) is 11.7 Å². The van der Waals surface area contributed by atoms with Crippen molar-refractivity contribution in [2.45, 2.75) is 20.3 Å². The summed E-state index contributed by atoms with van der Waals surface area (Å²) in [4.78, 5) is 4.15. The molecule has 4 heteroatoms. The second-order valence-electron chi connectivity index (χ2n) is 3.51. The highest BCUT2D eigenvalue weighted by atomic mass is 16.5. The van der Waals surface area contributed by atoms with Gasteiger partial charge in [-0.05, 0) is 30.7 Å². The molecule has 0 atom stereocenters. The van der Waals surface area contributed by atoms with E-state index in [0.717, 1.165) is 24.3 Å². The molecule has 0 aliphatic carbocycles. The van der Waals surface area contributed by atoms with E-state index in [4.69, 9.17) is 9.26 Å². The number of hydrogen-bond acceptors (Lipinski definition) is 4. The third-order valence-electron chi connectivity index (χ3n) is 2.11. The van der Waals surface area contributed by atoms with Gasteiger partial charge in [0.1, 0.15) is 5.75 Å². The summed E-state index contributed by atoms with van der Waals surface area (Å²) >= 11 is 0. The Labute approximate surface area is 94.2 Å². The highest BCUT2D eigenvalue weighted by Gasteiger charge is 2.05. The molecular formula is C12H14N2O2. The maximum atomic E-state index is 5.49. The molecule has 0 unspecified atom stereocenters. The molecule has 0 spiro atoms. The number of aryl methyl sites for hydroxylation is 1. The van der Waals surface area contributed by atoms with Crippen LogP contribution in [0.5, 0.6) is 5.75 Å². The fourth-order valence-electron chi connectivity index (χ4n) is 1.34. The Bertz CT molecular complexity index is 448. The van der Waals surface area contributed by atoms with Gasteiger partial charge in [-0.15, -0.1) is 0 Å². The van der Waals surface area contributed by atoms with Crippen molar-refractivity contribution in [2.24, 2.45) is 0 Å². The summed E-state index contributed by atoms with van der Waals surface area (Å²) in [5, 5.41) is 3.85. The van der Waals surface area contributed by atoms with E-state index in [9.17, 15) is 0 Å². The van der Waals surface area contributed by atoms with Gasteiger partial charge in [-0.25, -0.2) is 0 Å². The summed E-state index contributed by atoms with van der Waals surface area (Å²) in [6.07, 6.45) is 1.01. The molecule has 2 aromatic rings. The average Bonchev–Trinajstić information content (AvgIpc) is 2.74. The van der Waals surface area contributed by atoms with Crippen LogP contribution in [0.3, 0.4) is 0 Å². The largest absolute Gasteiger partial charge is 0.494 e. The van der Waals surface area contributed by atoms with Crippen LogP contribution in [0.25, 0.3) is 11.4 Å². The van der Waals surface area contributed by atoms with Crippen LogP contribution in [0, 0.1) is 6.92 Å². The minimum Gasteiger partial charge on any atom is -0.494 e. The molecule has 84 valence electrons. The van der Waals surface area contributed by atoms with Gasteiger partial charge >= 0.3 is 0 Å². The standard InChI is InChI=1S/C12H14N2O2/c1-3-8-15-11-6-4-10(5-7-11)12-13-9(2)16-14-12/h4-7H,3,8H2,1-2H3. The van der Waals surface area contributed by atoms with E-state index in [1.165, 1.54) is 0 Å². The van der Waals surface area contributed by atoms with Crippen LogP contribution in [0.4, 0.5) is 0 Å². The van der Waals surface area contributed by atoms with Crippen LogP contribution < -0.4 is 4.74 Å². The van der Waals surface area contributed by atoms with Crippen molar-refractivity contribution in [1.29, 1.82) is 0 Å². The molecule has 0 fully saturated rings. The second-order valence-corrected chi connectivity index (χ2v) is 3.51. The van der Waals surface area contributed by atoms with Crippen molar-refractivity contribution in [3.8, 4) is 17.1 Å². The monoisotopic (exact) mass is 218 g/mol. The normalized spacial score (nSPS) is 10.4. The zero-order valence-corrected chi connectivity index (χ0v) is 9.43. The number of benzene rings is 1. The summed E-state index contributed by atoms with van der Waals surface area (Å²) in [7, 11) is 0.